The molecule has 0 atom stereocenters. The molecule has 0 radical (unpaired) electrons. The number of nitrogens with one attached hydrogen (secondary N) is 1. The first-order valence-corrected chi connectivity index (χ1v) is 11.4. The van der Waals surface area contributed by atoms with Crippen molar-refractivity contribution in [1.82, 2.24) is 33.9 Å². The predicted octanol–water partition coefficient (Wildman–Crippen LogP) is 3.78. The molecule has 1 fully saturated rings. The maximum Gasteiger partial charge on any atom is 0.207 e. The Labute approximate surface area is 200 Å². The van der Waals surface area contributed by atoms with Gasteiger partial charge in [-0.1, -0.05) is 17.7 Å². The Bertz CT molecular complexity index is 1580. The van der Waals surface area contributed by atoms with Crippen molar-refractivity contribution in [2.45, 2.75) is 31.8 Å². The number of rotatable bonds is 6. The molecule has 1 aliphatic rings. The number of hydrogen-bond donors (Lipinski definition) is 1. The minimum absolute atomic E-state index is 0.387. The number of halogens is 1. The minimum atomic E-state index is 0.387. The van der Waals surface area contributed by atoms with Gasteiger partial charge in [-0.2, -0.15) is 15.4 Å². The summed E-state index contributed by atoms with van der Waals surface area (Å²) in [7, 11) is 0. The average molecular weight is 470 g/mol. The third-order valence-corrected chi connectivity index (χ3v) is 6.20. The second-order valence-electron chi connectivity index (χ2n) is 8.40. The van der Waals surface area contributed by atoms with E-state index in [1.54, 1.807) is 23.3 Å². The molecule has 168 valence electrons. The van der Waals surface area contributed by atoms with Crippen molar-refractivity contribution in [2.24, 2.45) is 4.99 Å². The summed E-state index contributed by atoms with van der Waals surface area (Å²) in [6.07, 6.45) is 15.7. The van der Waals surface area contributed by atoms with Gasteiger partial charge in [-0.05, 0) is 42.5 Å². The molecule has 1 saturated carbocycles. The summed E-state index contributed by atoms with van der Waals surface area (Å²) in [5.74, 6) is 1.13. The van der Waals surface area contributed by atoms with E-state index in [-0.39, 0.29) is 0 Å². The lowest BCUT2D eigenvalue weighted by atomic mass is 10.2. The Hall–Kier alpha value is -4.16. The van der Waals surface area contributed by atoms with Gasteiger partial charge >= 0.3 is 0 Å². The molecule has 5 heterocycles. The number of hydrogen-bond acceptors (Lipinski definition) is 5. The van der Waals surface area contributed by atoms with Gasteiger partial charge in [0.15, 0.2) is 0 Å². The van der Waals surface area contributed by atoms with Crippen molar-refractivity contribution in [3.05, 3.63) is 89.1 Å². The molecule has 1 aliphatic carbocycles. The zero-order valence-corrected chi connectivity index (χ0v) is 18.9. The number of pyridine rings is 2. The Morgan fingerprint density at radius 3 is 2.97 bits per heavy atom. The fraction of sp³-hybridized carbons (Fsp3) is 0.208. The molecular weight excluding hydrogens is 450 g/mol. The standard InChI is InChI=1S/C24H20ClN9/c25-19-5-6-32-15-29-21(22(32)7-19)9-27-24(28-14-26)18-8-30-34(11-18)13-20-12-33-10-17(16-1-2-16)3-4-23(33)31-20/h3-8,10-12,15-16H,1-2,9,13H2,(H,27,28). The van der Waals surface area contributed by atoms with Crippen LogP contribution in [0.25, 0.3) is 11.2 Å². The highest BCUT2D eigenvalue weighted by Gasteiger charge is 2.23. The van der Waals surface area contributed by atoms with Crippen LogP contribution in [0.15, 0.2) is 66.6 Å². The quantitative estimate of drug-likeness (QED) is 0.232. The third-order valence-electron chi connectivity index (χ3n) is 5.97. The molecule has 0 unspecified atom stereocenters. The number of fused-ring (bicyclic) bond motifs is 2. The predicted molar refractivity (Wildman–Crippen MR) is 128 cm³/mol. The molecule has 0 aromatic carbocycles. The fourth-order valence-corrected chi connectivity index (χ4v) is 4.27. The largest absolute Gasteiger partial charge is 0.363 e. The maximum absolute atomic E-state index is 9.20. The second-order valence-corrected chi connectivity index (χ2v) is 8.84. The van der Waals surface area contributed by atoms with Crippen molar-refractivity contribution in [3.63, 3.8) is 0 Å². The van der Waals surface area contributed by atoms with Crippen LogP contribution in [-0.2, 0) is 13.1 Å². The van der Waals surface area contributed by atoms with Crippen molar-refractivity contribution >= 4 is 28.6 Å². The smallest absolute Gasteiger partial charge is 0.207 e. The van der Waals surface area contributed by atoms with Crippen molar-refractivity contribution in [2.75, 3.05) is 0 Å². The lowest BCUT2D eigenvalue weighted by Crippen LogP contribution is -2.23. The molecule has 1 N–H and O–H groups in total. The molecule has 9 nitrogen and oxygen atoms in total. The normalized spacial score (nSPS) is 14.1. The highest BCUT2D eigenvalue weighted by Crippen LogP contribution is 2.39. The molecule has 0 saturated heterocycles. The molecule has 0 aliphatic heterocycles. The van der Waals surface area contributed by atoms with Gasteiger partial charge in [0, 0.05) is 29.8 Å². The van der Waals surface area contributed by atoms with E-state index in [1.807, 2.05) is 35.3 Å². The molecule has 0 amide bonds. The molecule has 5 aromatic heterocycles. The molecule has 0 bridgehead atoms. The van der Waals surface area contributed by atoms with E-state index in [9.17, 15) is 5.26 Å². The molecule has 34 heavy (non-hydrogen) atoms. The van der Waals surface area contributed by atoms with Crippen LogP contribution in [0.5, 0.6) is 0 Å². The summed E-state index contributed by atoms with van der Waals surface area (Å²) in [4.78, 5) is 13.1. The van der Waals surface area contributed by atoms with E-state index in [4.69, 9.17) is 16.6 Å². The van der Waals surface area contributed by atoms with Gasteiger partial charge in [-0.25, -0.2) is 9.97 Å². The summed E-state index contributed by atoms with van der Waals surface area (Å²) in [6.45, 7) is 0.906. The number of aromatic nitrogens is 6. The maximum atomic E-state index is 9.20. The van der Waals surface area contributed by atoms with Crippen LogP contribution in [0.4, 0.5) is 0 Å². The van der Waals surface area contributed by atoms with E-state index in [0.717, 1.165) is 22.6 Å². The Morgan fingerprint density at radius 1 is 1.21 bits per heavy atom. The summed E-state index contributed by atoms with van der Waals surface area (Å²) in [6, 6.07) is 7.90. The number of nitriles is 1. The van der Waals surface area contributed by atoms with Gasteiger partial charge < -0.3 is 14.1 Å². The number of aliphatic imine (C=N–C) groups is 1. The van der Waals surface area contributed by atoms with Gasteiger partial charge in [-0.3, -0.25) is 4.68 Å². The van der Waals surface area contributed by atoms with E-state index in [2.05, 4.69) is 43.1 Å². The van der Waals surface area contributed by atoms with Gasteiger partial charge in [-0.15, -0.1) is 0 Å². The number of amidine groups is 1. The van der Waals surface area contributed by atoms with Gasteiger partial charge in [0.25, 0.3) is 0 Å². The van der Waals surface area contributed by atoms with Crippen LogP contribution in [0.1, 0.15) is 41.3 Å². The highest BCUT2D eigenvalue weighted by molar-refractivity contribution is 6.30. The monoisotopic (exact) mass is 469 g/mol. The highest BCUT2D eigenvalue weighted by atomic mass is 35.5. The molecule has 10 heteroatoms. The van der Waals surface area contributed by atoms with E-state index in [1.165, 1.54) is 18.4 Å². The van der Waals surface area contributed by atoms with Crippen LogP contribution >= 0.6 is 11.6 Å². The van der Waals surface area contributed by atoms with Gasteiger partial charge in [0.2, 0.25) is 6.19 Å². The van der Waals surface area contributed by atoms with Crippen LogP contribution in [0, 0.1) is 11.5 Å². The molecule has 0 spiro atoms. The van der Waals surface area contributed by atoms with Crippen LogP contribution in [0.3, 0.4) is 0 Å². The van der Waals surface area contributed by atoms with E-state index in [0.29, 0.717) is 35.4 Å². The lowest BCUT2D eigenvalue weighted by Gasteiger charge is -2.05. The molecule has 5 aromatic rings. The fourth-order valence-electron chi connectivity index (χ4n) is 4.11. The van der Waals surface area contributed by atoms with Gasteiger partial charge in [0.05, 0.1) is 48.1 Å². The molecular formula is C24H20ClN9. The van der Waals surface area contributed by atoms with Crippen molar-refractivity contribution in [1.29, 1.82) is 5.26 Å². The molecule has 6 rings (SSSR count). The third kappa shape index (κ3) is 4.00. The number of nitrogens with zero attached hydrogens (tertiary/aromatic N) is 8. The zero-order chi connectivity index (χ0) is 23.1. The van der Waals surface area contributed by atoms with Crippen molar-refractivity contribution < 1.29 is 0 Å². The Balaban J connectivity index is 1.18. The lowest BCUT2D eigenvalue weighted by molar-refractivity contribution is 0.676. The first-order valence-electron chi connectivity index (χ1n) is 11.0. The topological polar surface area (TPSA) is 101 Å². The van der Waals surface area contributed by atoms with Gasteiger partial charge in [0.1, 0.15) is 11.5 Å². The van der Waals surface area contributed by atoms with E-state index >= 15 is 0 Å². The summed E-state index contributed by atoms with van der Waals surface area (Å²) in [5, 5.41) is 17.5. The van der Waals surface area contributed by atoms with Crippen LogP contribution in [-0.4, -0.2) is 34.4 Å². The summed E-state index contributed by atoms with van der Waals surface area (Å²) >= 11 is 6.13. The SMILES string of the molecule is N#C/N=C(/NCc1ncn2ccc(Cl)cc12)c1cnn(Cc2cn3cc(C4CC4)ccc3n2)c1. The van der Waals surface area contributed by atoms with Crippen LogP contribution in [0.2, 0.25) is 5.02 Å². The van der Waals surface area contributed by atoms with Crippen molar-refractivity contribution in [3.8, 4) is 6.19 Å². The Kier molecular flexibility index (Phi) is 5.00. The zero-order valence-electron chi connectivity index (χ0n) is 18.1. The minimum Gasteiger partial charge on any atom is -0.363 e. The first kappa shape index (κ1) is 20.4. The summed E-state index contributed by atoms with van der Waals surface area (Å²) in [5.41, 5.74) is 5.61. The van der Waals surface area contributed by atoms with Crippen LogP contribution < -0.4 is 5.32 Å². The second kappa shape index (κ2) is 8.32. The Morgan fingerprint density at radius 2 is 2.12 bits per heavy atom. The average Bonchev–Trinajstić information content (AvgIpc) is 3.26. The first-order chi connectivity index (χ1) is 16.7. The summed E-state index contributed by atoms with van der Waals surface area (Å²) < 4.78 is 5.77. The number of imidazole rings is 2. The van der Waals surface area contributed by atoms with E-state index < -0.39 is 0 Å².